The minimum atomic E-state index is 0.209. The molecule has 7 heteroatoms. The van der Waals surface area contributed by atoms with Gasteiger partial charge in [-0.05, 0) is 49.7 Å². The van der Waals surface area contributed by atoms with Gasteiger partial charge in [0.2, 0.25) is 0 Å². The summed E-state index contributed by atoms with van der Waals surface area (Å²) in [6.45, 7) is 4.21. The van der Waals surface area contributed by atoms with E-state index in [-0.39, 0.29) is 6.04 Å². The molecule has 0 fully saturated rings. The molecule has 0 aliphatic carbocycles. The smallest absolute Gasteiger partial charge is 0.103 e. The molecule has 26 heavy (non-hydrogen) atoms. The van der Waals surface area contributed by atoms with Crippen molar-refractivity contribution < 1.29 is 0 Å². The maximum absolute atomic E-state index is 6.20. The first kappa shape index (κ1) is 19.6. The van der Waals surface area contributed by atoms with Gasteiger partial charge in [0, 0.05) is 45.4 Å². The van der Waals surface area contributed by atoms with Gasteiger partial charge in [0.25, 0.3) is 0 Å². The second-order valence-electron chi connectivity index (χ2n) is 6.14. The number of pyridine rings is 1. The van der Waals surface area contributed by atoms with E-state index in [1.165, 1.54) is 5.56 Å². The average molecular weight is 427 g/mol. The largest absolute Gasteiger partial charge is 0.265 e. The zero-order valence-electron chi connectivity index (χ0n) is 14.4. The number of halogens is 3. The Bertz CT molecular complexity index is 874. The van der Waals surface area contributed by atoms with E-state index >= 15 is 0 Å². The van der Waals surface area contributed by atoms with Crippen LogP contribution in [0.3, 0.4) is 0 Å². The predicted molar refractivity (Wildman–Crippen MR) is 110 cm³/mol. The monoisotopic (exact) mass is 425 g/mol. The molecule has 0 aliphatic rings. The summed E-state index contributed by atoms with van der Waals surface area (Å²) in [6.07, 6.45) is 4.34. The molecule has 0 spiro atoms. The minimum absolute atomic E-state index is 0.209. The minimum Gasteiger partial charge on any atom is -0.265 e. The van der Waals surface area contributed by atoms with Crippen molar-refractivity contribution in [1.82, 2.24) is 14.8 Å². The summed E-state index contributed by atoms with van der Waals surface area (Å²) in [6, 6.07) is 9.78. The molecule has 0 amide bonds. The van der Waals surface area contributed by atoms with E-state index in [1.807, 2.05) is 28.9 Å². The Balaban J connectivity index is 2.07. The zero-order chi connectivity index (χ0) is 18.7. The van der Waals surface area contributed by atoms with Crippen LogP contribution >= 0.6 is 46.6 Å². The van der Waals surface area contributed by atoms with Crippen molar-refractivity contribution in [2.45, 2.75) is 42.1 Å². The van der Waals surface area contributed by atoms with Gasteiger partial charge in [0.15, 0.2) is 0 Å². The van der Waals surface area contributed by atoms with E-state index < -0.39 is 0 Å². The van der Waals surface area contributed by atoms with Gasteiger partial charge in [-0.2, -0.15) is 5.10 Å². The lowest BCUT2D eigenvalue weighted by atomic mass is 10.1. The summed E-state index contributed by atoms with van der Waals surface area (Å²) in [4.78, 5) is 5.06. The Morgan fingerprint density at radius 3 is 2.31 bits per heavy atom. The van der Waals surface area contributed by atoms with Crippen LogP contribution in [0.5, 0.6) is 0 Å². The van der Waals surface area contributed by atoms with Crippen molar-refractivity contribution in [3.8, 4) is 0 Å². The first-order valence-corrected chi connectivity index (χ1v) is 10.3. The number of nitrogens with zero attached hydrogens (tertiary/aromatic N) is 3. The number of aromatic nitrogens is 3. The molecular weight excluding hydrogens is 409 g/mol. The lowest BCUT2D eigenvalue weighted by Crippen LogP contribution is -2.05. The van der Waals surface area contributed by atoms with Crippen LogP contribution in [0.4, 0.5) is 0 Å². The second-order valence-corrected chi connectivity index (χ2v) is 8.34. The van der Waals surface area contributed by atoms with Gasteiger partial charge in [0.1, 0.15) is 5.03 Å². The molecule has 2 heterocycles. The van der Waals surface area contributed by atoms with Crippen molar-refractivity contribution in [3.63, 3.8) is 0 Å². The first-order valence-electron chi connectivity index (χ1n) is 8.17. The van der Waals surface area contributed by atoms with Crippen molar-refractivity contribution >= 4 is 46.6 Å². The highest BCUT2D eigenvalue weighted by Crippen LogP contribution is 2.37. The normalized spacial score (nSPS) is 11.3. The molecule has 3 rings (SSSR count). The highest BCUT2D eigenvalue weighted by Gasteiger charge is 2.20. The van der Waals surface area contributed by atoms with Crippen LogP contribution in [0.2, 0.25) is 10.0 Å². The molecule has 136 valence electrons. The molecule has 3 aromatic rings. The summed E-state index contributed by atoms with van der Waals surface area (Å²) in [5.74, 6) is 0.365. The van der Waals surface area contributed by atoms with Crippen LogP contribution < -0.4 is 0 Å². The van der Waals surface area contributed by atoms with E-state index in [4.69, 9.17) is 39.9 Å². The quantitative estimate of drug-likeness (QED) is 0.413. The van der Waals surface area contributed by atoms with Gasteiger partial charge in [-0.15, -0.1) is 11.6 Å². The molecule has 0 unspecified atom stereocenters. The molecule has 0 N–H and O–H groups in total. The third-order valence-corrected chi connectivity index (χ3v) is 5.63. The summed E-state index contributed by atoms with van der Waals surface area (Å²) in [5.41, 5.74) is 3.19. The van der Waals surface area contributed by atoms with Crippen LogP contribution in [0.1, 0.15) is 36.7 Å². The van der Waals surface area contributed by atoms with Crippen LogP contribution in [0.25, 0.3) is 0 Å². The van der Waals surface area contributed by atoms with Gasteiger partial charge >= 0.3 is 0 Å². The van der Waals surface area contributed by atoms with E-state index in [1.54, 1.807) is 30.2 Å². The lowest BCUT2D eigenvalue weighted by molar-refractivity contribution is 0.489. The van der Waals surface area contributed by atoms with Crippen molar-refractivity contribution in [2.24, 2.45) is 0 Å². The molecule has 2 aromatic heterocycles. The maximum atomic E-state index is 6.20. The lowest BCUT2D eigenvalue weighted by Gasteiger charge is -2.13. The molecule has 1 aromatic carbocycles. The Labute approximate surface area is 172 Å². The van der Waals surface area contributed by atoms with E-state index in [0.717, 1.165) is 27.6 Å². The van der Waals surface area contributed by atoms with Gasteiger partial charge in [-0.3, -0.25) is 9.67 Å². The summed E-state index contributed by atoms with van der Waals surface area (Å²) in [5, 5.41) is 7.04. The number of hydrogen-bond donors (Lipinski definition) is 0. The number of hydrogen-bond acceptors (Lipinski definition) is 3. The van der Waals surface area contributed by atoms with Crippen LogP contribution in [0, 0.1) is 0 Å². The van der Waals surface area contributed by atoms with E-state index in [9.17, 15) is 0 Å². The fourth-order valence-corrected chi connectivity index (χ4v) is 4.77. The third kappa shape index (κ3) is 4.55. The van der Waals surface area contributed by atoms with Crippen molar-refractivity contribution in [3.05, 3.63) is 69.6 Å². The van der Waals surface area contributed by atoms with Gasteiger partial charge in [-0.25, -0.2) is 0 Å². The van der Waals surface area contributed by atoms with Gasteiger partial charge in [0.05, 0.1) is 11.6 Å². The molecule has 3 nitrogen and oxygen atoms in total. The molecular formula is C19H18Cl3N3S. The molecule has 0 bridgehead atoms. The second kappa shape index (κ2) is 8.66. The molecule has 0 saturated carbocycles. The molecule has 0 radical (unpaired) electrons. The Kier molecular flexibility index (Phi) is 6.51. The number of alkyl halides is 1. The Hall–Kier alpha value is -1.20. The maximum Gasteiger partial charge on any atom is 0.103 e. The average Bonchev–Trinajstić information content (AvgIpc) is 2.93. The summed E-state index contributed by atoms with van der Waals surface area (Å²) >= 11 is 20.2. The third-order valence-electron chi connectivity index (χ3n) is 3.84. The van der Waals surface area contributed by atoms with Gasteiger partial charge < -0.3 is 0 Å². The van der Waals surface area contributed by atoms with Crippen LogP contribution in [-0.2, 0) is 12.3 Å². The Morgan fingerprint density at radius 1 is 1.08 bits per heavy atom. The fourth-order valence-electron chi connectivity index (χ4n) is 2.64. The number of rotatable bonds is 6. The molecule has 0 aliphatic heterocycles. The topological polar surface area (TPSA) is 30.7 Å². The summed E-state index contributed by atoms with van der Waals surface area (Å²) in [7, 11) is 0. The summed E-state index contributed by atoms with van der Waals surface area (Å²) < 4.78 is 2.02. The fraction of sp³-hybridized carbons (Fsp3) is 0.263. The predicted octanol–water partition coefficient (Wildman–Crippen LogP) is 6.65. The molecule has 0 atom stereocenters. The van der Waals surface area contributed by atoms with Crippen LogP contribution in [0.15, 0.2) is 52.6 Å². The standard InChI is InChI=1S/C19H18Cl3N3S/c1-12(2)25-19(26-16-9-14(21)8-15(22)10-16)17(18(11-20)24-25)7-13-3-5-23-6-4-13/h3-6,8-10,12H,7,11H2,1-2H3. The highest BCUT2D eigenvalue weighted by molar-refractivity contribution is 7.99. The first-order chi connectivity index (χ1) is 12.5. The SMILES string of the molecule is CC(C)n1nc(CCl)c(Cc2ccncc2)c1Sc1cc(Cl)cc(Cl)c1. The Morgan fingerprint density at radius 2 is 1.73 bits per heavy atom. The van der Waals surface area contributed by atoms with E-state index in [0.29, 0.717) is 15.9 Å². The van der Waals surface area contributed by atoms with Crippen LogP contribution in [-0.4, -0.2) is 14.8 Å². The van der Waals surface area contributed by atoms with Crippen molar-refractivity contribution in [1.29, 1.82) is 0 Å². The van der Waals surface area contributed by atoms with Crippen molar-refractivity contribution in [2.75, 3.05) is 0 Å². The number of benzene rings is 1. The van der Waals surface area contributed by atoms with E-state index in [2.05, 4.69) is 18.8 Å². The highest BCUT2D eigenvalue weighted by atomic mass is 35.5. The zero-order valence-corrected chi connectivity index (χ0v) is 17.5. The molecule has 0 saturated heterocycles. The van der Waals surface area contributed by atoms with Gasteiger partial charge in [-0.1, -0.05) is 35.0 Å².